The van der Waals surface area contributed by atoms with E-state index in [9.17, 15) is 4.79 Å². The van der Waals surface area contributed by atoms with E-state index in [0.717, 1.165) is 11.3 Å². The number of rotatable bonds is 0. The summed E-state index contributed by atoms with van der Waals surface area (Å²) in [4.78, 5) is 11.3. The number of ether oxygens (including phenoxy) is 1. The van der Waals surface area contributed by atoms with Gasteiger partial charge in [0, 0.05) is 18.4 Å². The van der Waals surface area contributed by atoms with Gasteiger partial charge < -0.3 is 4.74 Å². The number of Topliss-reactive ketones (excluding diaryl/α,β-unsaturated/α-hetero) is 1. The molecule has 2 rings (SSSR count). The van der Waals surface area contributed by atoms with Gasteiger partial charge in [0.2, 0.25) is 0 Å². The first-order valence-corrected chi connectivity index (χ1v) is 4.50. The van der Waals surface area contributed by atoms with Crippen LogP contribution in [0.2, 0.25) is 0 Å². The zero-order chi connectivity index (χ0) is 9.26. The molecule has 1 aromatic carbocycles. The van der Waals surface area contributed by atoms with Gasteiger partial charge in [0.25, 0.3) is 0 Å². The topological polar surface area (TPSA) is 26.3 Å². The molecule has 0 fully saturated rings. The molecule has 0 N–H and O–H groups in total. The molecule has 0 unspecified atom stereocenters. The number of hydrogen-bond donors (Lipinski definition) is 0. The fraction of sp³-hybridized carbons (Fsp3) is 0.364. The molecule has 2 nitrogen and oxygen atoms in total. The average Bonchev–Trinajstić information content (AvgIpc) is 2.25. The highest BCUT2D eigenvalue weighted by atomic mass is 16.5. The van der Waals surface area contributed by atoms with Gasteiger partial charge in [-0.3, -0.25) is 4.79 Å². The number of hydrogen-bond acceptors (Lipinski definition) is 2. The summed E-state index contributed by atoms with van der Waals surface area (Å²) in [6, 6.07) is 5.99. The monoisotopic (exact) mass is 176 g/mol. The first-order chi connectivity index (χ1) is 6.25. The maximum Gasteiger partial charge on any atom is 0.140 e. The SMILES string of the molecule is Cc1ccc2c(c1)OCCC(=O)C2. The Morgan fingerprint density at radius 1 is 1.38 bits per heavy atom. The molecule has 1 aliphatic heterocycles. The molecular weight excluding hydrogens is 164 g/mol. The third-order valence-corrected chi connectivity index (χ3v) is 2.25. The molecule has 0 saturated heterocycles. The van der Waals surface area contributed by atoms with E-state index in [-0.39, 0.29) is 5.78 Å². The zero-order valence-corrected chi connectivity index (χ0v) is 7.67. The molecule has 0 atom stereocenters. The van der Waals surface area contributed by atoms with Crippen LogP contribution < -0.4 is 4.74 Å². The van der Waals surface area contributed by atoms with Crippen LogP contribution in [0.4, 0.5) is 0 Å². The Kier molecular flexibility index (Phi) is 2.05. The highest BCUT2D eigenvalue weighted by Gasteiger charge is 2.13. The summed E-state index contributed by atoms with van der Waals surface area (Å²) in [5.41, 5.74) is 2.20. The first-order valence-electron chi connectivity index (χ1n) is 4.50. The minimum atomic E-state index is 0.266. The van der Waals surface area contributed by atoms with Gasteiger partial charge in [-0.25, -0.2) is 0 Å². The van der Waals surface area contributed by atoms with Crippen molar-refractivity contribution in [1.82, 2.24) is 0 Å². The van der Waals surface area contributed by atoms with Crippen molar-refractivity contribution in [3.8, 4) is 5.75 Å². The van der Waals surface area contributed by atoms with E-state index in [1.165, 1.54) is 5.56 Å². The molecule has 0 aliphatic carbocycles. The van der Waals surface area contributed by atoms with Gasteiger partial charge in [0.05, 0.1) is 6.61 Å². The van der Waals surface area contributed by atoms with E-state index in [2.05, 4.69) is 0 Å². The Morgan fingerprint density at radius 2 is 2.23 bits per heavy atom. The average molecular weight is 176 g/mol. The van der Waals surface area contributed by atoms with Gasteiger partial charge in [0.1, 0.15) is 11.5 Å². The molecule has 0 bridgehead atoms. The molecule has 1 heterocycles. The summed E-state index contributed by atoms with van der Waals surface area (Å²) in [5.74, 6) is 1.15. The van der Waals surface area contributed by atoms with Gasteiger partial charge in [0.15, 0.2) is 0 Å². The van der Waals surface area contributed by atoms with E-state index in [0.29, 0.717) is 19.4 Å². The number of carbonyl (C=O) groups excluding carboxylic acids is 1. The summed E-state index contributed by atoms with van der Waals surface area (Å²) in [5, 5.41) is 0. The van der Waals surface area contributed by atoms with Crippen LogP contribution in [-0.4, -0.2) is 12.4 Å². The van der Waals surface area contributed by atoms with Crippen LogP contribution in [0.5, 0.6) is 5.75 Å². The maximum absolute atomic E-state index is 11.3. The largest absolute Gasteiger partial charge is 0.493 e. The normalized spacial score (nSPS) is 15.9. The third kappa shape index (κ3) is 1.72. The van der Waals surface area contributed by atoms with Crippen molar-refractivity contribution >= 4 is 5.78 Å². The standard InChI is InChI=1S/C11H12O2/c1-8-2-3-9-7-10(12)4-5-13-11(9)6-8/h2-3,6H,4-5,7H2,1H3. The molecule has 68 valence electrons. The zero-order valence-electron chi connectivity index (χ0n) is 7.67. The molecular formula is C11H12O2. The van der Waals surface area contributed by atoms with Crippen LogP contribution in [0.15, 0.2) is 18.2 Å². The summed E-state index contributed by atoms with van der Waals surface area (Å²) >= 11 is 0. The molecule has 1 aromatic rings. The molecule has 0 saturated carbocycles. The Hall–Kier alpha value is -1.31. The quantitative estimate of drug-likeness (QED) is 0.603. The van der Waals surface area contributed by atoms with Gasteiger partial charge in [-0.05, 0) is 18.6 Å². The van der Waals surface area contributed by atoms with Crippen molar-refractivity contribution in [1.29, 1.82) is 0 Å². The Bertz CT molecular complexity index is 342. The summed E-state index contributed by atoms with van der Waals surface area (Å²) in [6.07, 6.45) is 1.06. The second-order valence-corrected chi connectivity index (χ2v) is 3.43. The molecule has 2 heteroatoms. The molecule has 13 heavy (non-hydrogen) atoms. The Labute approximate surface area is 77.5 Å². The van der Waals surface area contributed by atoms with E-state index in [1.54, 1.807) is 0 Å². The van der Waals surface area contributed by atoms with Gasteiger partial charge in [-0.1, -0.05) is 12.1 Å². The number of fused-ring (bicyclic) bond motifs is 1. The summed E-state index contributed by atoms with van der Waals surface area (Å²) < 4.78 is 5.48. The smallest absolute Gasteiger partial charge is 0.140 e. The van der Waals surface area contributed by atoms with Crippen LogP contribution in [-0.2, 0) is 11.2 Å². The lowest BCUT2D eigenvalue weighted by Crippen LogP contribution is -2.02. The van der Waals surface area contributed by atoms with Crippen LogP contribution in [0.3, 0.4) is 0 Å². The van der Waals surface area contributed by atoms with Crippen LogP contribution in [0.1, 0.15) is 17.5 Å². The second-order valence-electron chi connectivity index (χ2n) is 3.43. The minimum absolute atomic E-state index is 0.266. The van der Waals surface area contributed by atoms with Crippen molar-refractivity contribution in [3.05, 3.63) is 29.3 Å². The lowest BCUT2D eigenvalue weighted by molar-refractivity contribution is -0.118. The summed E-state index contributed by atoms with van der Waals surface area (Å²) in [6.45, 7) is 2.55. The lowest BCUT2D eigenvalue weighted by Gasteiger charge is -2.06. The fourth-order valence-corrected chi connectivity index (χ4v) is 1.52. The van der Waals surface area contributed by atoms with Crippen LogP contribution >= 0.6 is 0 Å². The predicted octanol–water partition coefficient (Wildman–Crippen LogP) is 1.89. The minimum Gasteiger partial charge on any atom is -0.493 e. The maximum atomic E-state index is 11.3. The lowest BCUT2D eigenvalue weighted by atomic mass is 10.1. The van der Waals surface area contributed by atoms with Crippen molar-refractivity contribution in [2.75, 3.05) is 6.61 Å². The number of carbonyl (C=O) groups is 1. The van der Waals surface area contributed by atoms with Crippen molar-refractivity contribution in [2.45, 2.75) is 19.8 Å². The Morgan fingerprint density at radius 3 is 3.08 bits per heavy atom. The van der Waals surface area contributed by atoms with E-state index >= 15 is 0 Å². The molecule has 1 aliphatic rings. The number of ketones is 1. The predicted molar refractivity (Wildman–Crippen MR) is 50.0 cm³/mol. The highest BCUT2D eigenvalue weighted by molar-refractivity contribution is 5.82. The molecule has 0 aromatic heterocycles. The number of aryl methyl sites for hydroxylation is 1. The van der Waals surface area contributed by atoms with E-state index in [1.807, 2.05) is 25.1 Å². The molecule has 0 amide bonds. The Balaban J connectivity index is 2.40. The van der Waals surface area contributed by atoms with Crippen LogP contribution in [0.25, 0.3) is 0 Å². The van der Waals surface area contributed by atoms with Crippen molar-refractivity contribution < 1.29 is 9.53 Å². The summed E-state index contributed by atoms with van der Waals surface area (Å²) in [7, 11) is 0. The fourth-order valence-electron chi connectivity index (χ4n) is 1.52. The van der Waals surface area contributed by atoms with E-state index in [4.69, 9.17) is 4.74 Å². The third-order valence-electron chi connectivity index (χ3n) is 2.25. The number of benzene rings is 1. The van der Waals surface area contributed by atoms with Gasteiger partial charge in [-0.2, -0.15) is 0 Å². The molecule has 0 radical (unpaired) electrons. The van der Waals surface area contributed by atoms with Gasteiger partial charge >= 0.3 is 0 Å². The second kappa shape index (κ2) is 3.21. The van der Waals surface area contributed by atoms with Crippen molar-refractivity contribution in [2.24, 2.45) is 0 Å². The molecule has 0 spiro atoms. The highest BCUT2D eigenvalue weighted by Crippen LogP contribution is 2.23. The first kappa shape index (κ1) is 8.30. The van der Waals surface area contributed by atoms with E-state index < -0.39 is 0 Å². The van der Waals surface area contributed by atoms with Crippen LogP contribution in [0, 0.1) is 6.92 Å². The van der Waals surface area contributed by atoms with Crippen molar-refractivity contribution in [3.63, 3.8) is 0 Å². The van der Waals surface area contributed by atoms with Gasteiger partial charge in [-0.15, -0.1) is 0 Å².